The Hall–Kier alpha value is -3.54. The average molecular weight is 437 g/mol. The van der Waals surface area contributed by atoms with Crippen LogP contribution in [0.1, 0.15) is 13.8 Å². The van der Waals surface area contributed by atoms with Crippen molar-refractivity contribution in [2.75, 3.05) is 18.0 Å². The van der Waals surface area contributed by atoms with Gasteiger partial charge in [0.05, 0.1) is 0 Å². The van der Waals surface area contributed by atoms with Gasteiger partial charge in [0.25, 0.3) is 0 Å². The predicted molar refractivity (Wildman–Crippen MR) is 140 cm³/mol. The first-order valence-electron chi connectivity index (χ1n) is 11.3. The third kappa shape index (κ3) is 5.11. The van der Waals surface area contributed by atoms with Gasteiger partial charge in [-0.3, -0.25) is 0 Å². The van der Waals surface area contributed by atoms with E-state index >= 15 is 0 Å². The average Bonchev–Trinajstić information content (AvgIpc) is 2.84. The van der Waals surface area contributed by atoms with Crippen LogP contribution in [0.5, 0.6) is 5.75 Å². The van der Waals surface area contributed by atoms with E-state index in [0.717, 1.165) is 40.0 Å². The summed E-state index contributed by atoms with van der Waals surface area (Å²) in [5.74, 6) is 0.466. The first-order chi connectivity index (χ1) is 16.1. The summed E-state index contributed by atoms with van der Waals surface area (Å²) in [6.45, 7) is 6.52. The fourth-order valence-electron chi connectivity index (χ4n) is 4.21. The summed E-state index contributed by atoms with van der Waals surface area (Å²) in [5.41, 5.74) is 1.32. The Morgan fingerprint density at radius 2 is 1.27 bits per heavy atom. The standard InChI is InChI=1S/C18H13BO3.C10H15N/c20-19(21)22-17-7-3-6-12-8-9-15-10-13-4-1-2-5-14(13)11-16(15)18(12)17;1-3-11(4-2)10-8-6-5-7-9-10/h1-11,20-21H;5-9H,3-4H2,1-2H3. The molecule has 0 saturated heterocycles. The zero-order chi connectivity index (χ0) is 23.2. The van der Waals surface area contributed by atoms with Crippen LogP contribution < -0.4 is 9.55 Å². The van der Waals surface area contributed by atoms with Gasteiger partial charge in [0.1, 0.15) is 5.75 Å². The zero-order valence-corrected chi connectivity index (χ0v) is 19.0. The highest BCUT2D eigenvalue weighted by atomic mass is 16.6. The lowest BCUT2D eigenvalue weighted by Crippen LogP contribution is -2.21. The molecule has 0 aromatic heterocycles. The normalized spacial score (nSPS) is 10.7. The largest absolute Gasteiger partial charge is 0.707 e. The van der Waals surface area contributed by atoms with Gasteiger partial charge in [-0.1, -0.05) is 66.7 Å². The van der Waals surface area contributed by atoms with Gasteiger partial charge in [-0.15, -0.1) is 0 Å². The maximum absolute atomic E-state index is 9.14. The Kier molecular flexibility index (Phi) is 7.13. The first-order valence-corrected chi connectivity index (χ1v) is 11.3. The Bertz CT molecular complexity index is 1350. The van der Waals surface area contributed by atoms with Crippen molar-refractivity contribution in [3.63, 3.8) is 0 Å². The van der Waals surface area contributed by atoms with Crippen molar-refractivity contribution in [2.24, 2.45) is 0 Å². The predicted octanol–water partition coefficient (Wildman–Crippen LogP) is 6.03. The molecule has 5 rings (SSSR count). The highest BCUT2D eigenvalue weighted by molar-refractivity contribution is 6.34. The third-order valence-electron chi connectivity index (χ3n) is 5.81. The number of hydrogen-bond donors (Lipinski definition) is 2. The number of fused-ring (bicyclic) bond motifs is 4. The number of hydrogen-bond acceptors (Lipinski definition) is 4. The second-order valence-corrected chi connectivity index (χ2v) is 7.79. The third-order valence-corrected chi connectivity index (χ3v) is 5.81. The van der Waals surface area contributed by atoms with E-state index in [9.17, 15) is 0 Å². The lowest BCUT2D eigenvalue weighted by molar-refractivity contribution is 0.289. The molecule has 33 heavy (non-hydrogen) atoms. The van der Waals surface area contributed by atoms with E-state index in [4.69, 9.17) is 14.7 Å². The number of para-hydroxylation sites is 1. The van der Waals surface area contributed by atoms with Crippen LogP contribution in [0.3, 0.4) is 0 Å². The molecule has 5 aromatic carbocycles. The molecule has 0 saturated carbocycles. The molecule has 0 atom stereocenters. The van der Waals surface area contributed by atoms with Crippen molar-refractivity contribution in [3.05, 3.63) is 97.1 Å². The van der Waals surface area contributed by atoms with Crippen molar-refractivity contribution >= 4 is 45.3 Å². The minimum absolute atomic E-state index is 0.466. The van der Waals surface area contributed by atoms with Crippen molar-refractivity contribution in [3.8, 4) is 5.75 Å². The summed E-state index contributed by atoms with van der Waals surface area (Å²) >= 11 is 0. The van der Waals surface area contributed by atoms with Crippen molar-refractivity contribution in [1.29, 1.82) is 0 Å². The van der Waals surface area contributed by atoms with E-state index in [1.54, 1.807) is 6.07 Å². The lowest BCUT2D eigenvalue weighted by atomic mass is 9.97. The molecular formula is C28H28BNO3. The molecule has 0 fully saturated rings. The van der Waals surface area contributed by atoms with E-state index in [-0.39, 0.29) is 0 Å². The van der Waals surface area contributed by atoms with Gasteiger partial charge in [-0.2, -0.15) is 0 Å². The maximum Gasteiger partial charge on any atom is 0.707 e. The topological polar surface area (TPSA) is 52.9 Å². The summed E-state index contributed by atoms with van der Waals surface area (Å²) in [7, 11) is -1.83. The molecule has 0 aliphatic rings. The maximum atomic E-state index is 9.14. The van der Waals surface area contributed by atoms with Gasteiger partial charge in [0.2, 0.25) is 0 Å². The van der Waals surface area contributed by atoms with Crippen LogP contribution in [0.2, 0.25) is 0 Å². The molecule has 2 N–H and O–H groups in total. The lowest BCUT2D eigenvalue weighted by Gasteiger charge is -2.20. The molecule has 0 heterocycles. The summed E-state index contributed by atoms with van der Waals surface area (Å²) in [6.07, 6.45) is 0. The molecule has 5 heteroatoms. The molecule has 0 radical (unpaired) electrons. The molecular weight excluding hydrogens is 409 g/mol. The van der Waals surface area contributed by atoms with Crippen LogP contribution in [0, 0.1) is 0 Å². The minimum Gasteiger partial charge on any atom is -0.511 e. The minimum atomic E-state index is -1.83. The van der Waals surface area contributed by atoms with E-state index in [1.165, 1.54) is 11.1 Å². The summed E-state index contributed by atoms with van der Waals surface area (Å²) in [4.78, 5) is 2.33. The number of rotatable bonds is 5. The first kappa shape index (κ1) is 22.7. The quantitative estimate of drug-likeness (QED) is 0.200. The monoisotopic (exact) mass is 437 g/mol. The molecule has 0 spiro atoms. The number of anilines is 1. The molecule has 0 bridgehead atoms. The van der Waals surface area contributed by atoms with E-state index in [0.29, 0.717) is 5.75 Å². The van der Waals surface area contributed by atoms with Crippen molar-refractivity contribution in [2.45, 2.75) is 13.8 Å². The van der Waals surface area contributed by atoms with Gasteiger partial charge in [0.15, 0.2) is 0 Å². The van der Waals surface area contributed by atoms with Gasteiger partial charge in [-0.05, 0) is 71.1 Å². The molecule has 0 aliphatic carbocycles. The second kappa shape index (κ2) is 10.4. The van der Waals surface area contributed by atoms with Crippen LogP contribution in [0.4, 0.5) is 5.69 Å². The fraction of sp³-hybridized carbons (Fsp3) is 0.143. The Labute approximate surface area is 194 Å². The van der Waals surface area contributed by atoms with Crippen LogP contribution in [-0.2, 0) is 0 Å². The Morgan fingerprint density at radius 1 is 0.667 bits per heavy atom. The molecule has 0 unspecified atom stereocenters. The SMILES string of the molecule is CCN(CC)c1ccccc1.OB(O)Oc1cccc2ccc3cc4ccccc4cc3c12. The molecule has 4 nitrogen and oxygen atoms in total. The second-order valence-electron chi connectivity index (χ2n) is 7.79. The molecule has 166 valence electrons. The number of nitrogens with zero attached hydrogens (tertiary/aromatic N) is 1. The summed E-state index contributed by atoms with van der Waals surface area (Å²) < 4.78 is 5.16. The van der Waals surface area contributed by atoms with Crippen LogP contribution in [-0.4, -0.2) is 30.5 Å². The van der Waals surface area contributed by atoms with Crippen molar-refractivity contribution < 1.29 is 14.7 Å². The summed E-state index contributed by atoms with van der Waals surface area (Å²) in [5, 5.41) is 24.6. The molecule has 0 amide bonds. The van der Waals surface area contributed by atoms with Gasteiger partial charge in [0, 0.05) is 24.2 Å². The Morgan fingerprint density at radius 3 is 1.94 bits per heavy atom. The van der Waals surface area contributed by atoms with Gasteiger partial charge in [-0.25, -0.2) is 0 Å². The highest BCUT2D eigenvalue weighted by Crippen LogP contribution is 2.35. The number of benzene rings is 5. The summed E-state index contributed by atoms with van der Waals surface area (Å²) in [6, 6.07) is 32.6. The highest BCUT2D eigenvalue weighted by Gasteiger charge is 2.15. The molecule has 0 aliphatic heterocycles. The van der Waals surface area contributed by atoms with E-state index < -0.39 is 7.32 Å². The van der Waals surface area contributed by atoms with Crippen LogP contribution in [0.25, 0.3) is 32.3 Å². The Balaban J connectivity index is 0.000000200. The van der Waals surface area contributed by atoms with Crippen molar-refractivity contribution in [1.82, 2.24) is 0 Å². The van der Waals surface area contributed by atoms with E-state index in [1.807, 2.05) is 36.4 Å². The van der Waals surface area contributed by atoms with Crippen LogP contribution >= 0.6 is 0 Å². The fourth-order valence-corrected chi connectivity index (χ4v) is 4.21. The van der Waals surface area contributed by atoms with Gasteiger partial charge < -0.3 is 19.6 Å². The van der Waals surface area contributed by atoms with Crippen LogP contribution in [0.15, 0.2) is 97.1 Å². The molecule has 5 aromatic rings. The van der Waals surface area contributed by atoms with E-state index in [2.05, 4.69) is 73.3 Å². The van der Waals surface area contributed by atoms with Gasteiger partial charge >= 0.3 is 7.32 Å². The zero-order valence-electron chi connectivity index (χ0n) is 19.0. The smallest absolute Gasteiger partial charge is 0.511 e.